The molecule has 0 aromatic rings. The molecule has 0 spiro atoms. The van der Waals surface area contributed by atoms with Crippen LogP contribution >= 0.6 is 0 Å². The third-order valence-corrected chi connectivity index (χ3v) is 6.04. The lowest BCUT2D eigenvalue weighted by molar-refractivity contribution is -0.123. The van der Waals surface area contributed by atoms with Gasteiger partial charge in [-0.25, -0.2) is 9.59 Å². The Morgan fingerprint density at radius 1 is 0.583 bits per heavy atom. The Hall–Kier alpha value is -2.52. The van der Waals surface area contributed by atoms with E-state index >= 15 is 0 Å². The molecule has 10 heteroatoms. The van der Waals surface area contributed by atoms with Crippen molar-refractivity contribution in [1.82, 2.24) is 21.3 Å². The van der Waals surface area contributed by atoms with E-state index in [0.717, 1.165) is 38.5 Å². The molecule has 0 aromatic carbocycles. The zero-order valence-electron chi connectivity index (χ0n) is 22.2. The Morgan fingerprint density at radius 3 is 1.67 bits per heavy atom. The van der Waals surface area contributed by atoms with Crippen LogP contribution in [-0.4, -0.2) is 59.9 Å². The second kappa shape index (κ2) is 24.2. The first-order chi connectivity index (χ1) is 17.4. The molecule has 4 amide bonds. The second-order valence-electron chi connectivity index (χ2n) is 9.36. The summed E-state index contributed by atoms with van der Waals surface area (Å²) in [7, 11) is 0. The maximum Gasteiger partial charge on any atom is 0.405 e. The summed E-state index contributed by atoms with van der Waals surface area (Å²) < 4.78 is 0. The van der Waals surface area contributed by atoms with Gasteiger partial charge in [0, 0.05) is 26.1 Å². The summed E-state index contributed by atoms with van der Waals surface area (Å²) in [6.07, 6.45) is 14.3. The van der Waals surface area contributed by atoms with E-state index in [9.17, 15) is 19.2 Å². The van der Waals surface area contributed by atoms with Gasteiger partial charge in [-0.1, -0.05) is 71.1 Å². The average molecular weight is 515 g/mol. The smallest absolute Gasteiger partial charge is 0.405 e. The molecule has 0 aliphatic rings. The summed E-state index contributed by atoms with van der Waals surface area (Å²) in [6, 6.07) is -0.853. The number of carboxylic acid groups (broad SMARTS) is 2. The van der Waals surface area contributed by atoms with Crippen LogP contribution in [0, 0.1) is 0 Å². The molecular formula is C26H50N4O6. The fourth-order valence-electron chi connectivity index (χ4n) is 3.94. The van der Waals surface area contributed by atoms with Gasteiger partial charge in [0.05, 0.1) is 0 Å². The van der Waals surface area contributed by atoms with E-state index in [0.29, 0.717) is 38.8 Å². The highest BCUT2D eigenvalue weighted by molar-refractivity contribution is 5.85. The number of carbonyl (C=O) groups excluding carboxylic acids is 2. The zero-order chi connectivity index (χ0) is 26.9. The van der Waals surface area contributed by atoms with E-state index in [1.54, 1.807) is 0 Å². The monoisotopic (exact) mass is 514 g/mol. The molecular weight excluding hydrogens is 464 g/mol. The lowest BCUT2D eigenvalue weighted by Gasteiger charge is -2.16. The number of rotatable bonds is 24. The summed E-state index contributed by atoms with van der Waals surface area (Å²) in [5.74, 6) is -0.242. The van der Waals surface area contributed by atoms with E-state index in [1.807, 2.05) is 0 Å². The molecule has 36 heavy (non-hydrogen) atoms. The molecule has 0 saturated carbocycles. The number of hydrogen-bond donors (Lipinski definition) is 6. The lowest BCUT2D eigenvalue weighted by atomic mass is 10.1. The molecule has 0 rings (SSSR count). The van der Waals surface area contributed by atoms with Crippen LogP contribution in [0.4, 0.5) is 9.59 Å². The van der Waals surface area contributed by atoms with E-state index in [-0.39, 0.29) is 18.4 Å². The Labute approximate surface area is 216 Å². The molecule has 0 aliphatic carbocycles. The van der Waals surface area contributed by atoms with Crippen LogP contribution in [0.1, 0.15) is 116 Å². The second-order valence-corrected chi connectivity index (χ2v) is 9.36. The van der Waals surface area contributed by atoms with Crippen LogP contribution in [0.5, 0.6) is 0 Å². The number of unbranched alkanes of at least 4 members (excludes halogenated alkanes) is 12. The number of nitrogens with one attached hydrogen (secondary N) is 4. The molecule has 0 aliphatic heterocycles. The Morgan fingerprint density at radius 2 is 1.08 bits per heavy atom. The van der Waals surface area contributed by atoms with Gasteiger partial charge in [-0.05, 0) is 38.5 Å². The Kier molecular flexibility index (Phi) is 22.5. The molecule has 0 aromatic heterocycles. The van der Waals surface area contributed by atoms with E-state index in [2.05, 4.69) is 28.2 Å². The zero-order valence-corrected chi connectivity index (χ0v) is 22.2. The molecule has 210 valence electrons. The molecule has 10 nitrogen and oxygen atoms in total. The topological polar surface area (TPSA) is 157 Å². The fraction of sp³-hybridized carbons (Fsp3) is 0.846. The van der Waals surface area contributed by atoms with E-state index in [4.69, 9.17) is 10.2 Å². The maximum absolute atomic E-state index is 12.3. The molecule has 1 atom stereocenters. The van der Waals surface area contributed by atoms with Gasteiger partial charge in [-0.15, -0.1) is 0 Å². The van der Waals surface area contributed by atoms with Crippen LogP contribution in [-0.2, 0) is 9.59 Å². The SMILES string of the molecule is CCCCCCCCCCCC(=O)NCCCCCCNC(=O)C(CCCCNC(=O)O)NC(=O)O. The highest BCUT2D eigenvalue weighted by Gasteiger charge is 2.19. The van der Waals surface area contributed by atoms with Crippen molar-refractivity contribution in [3.05, 3.63) is 0 Å². The normalized spacial score (nSPS) is 11.5. The Bertz CT molecular complexity index is 603. The molecule has 0 radical (unpaired) electrons. The van der Waals surface area contributed by atoms with E-state index < -0.39 is 18.2 Å². The average Bonchev–Trinajstić information content (AvgIpc) is 2.83. The standard InChI is InChI=1S/C26H50N4O6/c1-2-3-4-5-6-7-8-9-12-18-23(31)27-19-14-10-11-15-20-28-24(32)22(30-26(35)36)17-13-16-21-29-25(33)34/h22,29-30H,2-21H2,1H3,(H,27,31)(H,28,32)(H,33,34)(H,35,36). The highest BCUT2D eigenvalue weighted by Crippen LogP contribution is 2.10. The van der Waals surface area contributed by atoms with Crippen molar-refractivity contribution in [2.45, 2.75) is 122 Å². The predicted molar refractivity (Wildman–Crippen MR) is 141 cm³/mol. The predicted octanol–water partition coefficient (Wildman–Crippen LogP) is 4.77. The lowest BCUT2D eigenvalue weighted by Crippen LogP contribution is -2.46. The van der Waals surface area contributed by atoms with Gasteiger partial charge in [0.15, 0.2) is 0 Å². The van der Waals surface area contributed by atoms with Gasteiger partial charge < -0.3 is 31.5 Å². The maximum atomic E-state index is 12.3. The molecule has 0 fully saturated rings. The van der Waals surface area contributed by atoms with Crippen LogP contribution in [0.2, 0.25) is 0 Å². The van der Waals surface area contributed by atoms with Crippen LogP contribution in [0.15, 0.2) is 0 Å². The van der Waals surface area contributed by atoms with Crippen LogP contribution in [0.3, 0.4) is 0 Å². The van der Waals surface area contributed by atoms with Gasteiger partial charge in [0.1, 0.15) is 6.04 Å². The van der Waals surface area contributed by atoms with Crippen molar-refractivity contribution < 1.29 is 29.4 Å². The molecule has 0 heterocycles. The van der Waals surface area contributed by atoms with E-state index in [1.165, 1.54) is 44.9 Å². The van der Waals surface area contributed by atoms with Crippen molar-refractivity contribution in [2.75, 3.05) is 19.6 Å². The Balaban J connectivity index is 3.68. The van der Waals surface area contributed by atoms with Crippen molar-refractivity contribution in [2.24, 2.45) is 0 Å². The van der Waals surface area contributed by atoms with Crippen LogP contribution in [0.25, 0.3) is 0 Å². The minimum Gasteiger partial charge on any atom is -0.465 e. The van der Waals surface area contributed by atoms with Gasteiger partial charge >= 0.3 is 12.2 Å². The van der Waals surface area contributed by atoms with Gasteiger partial charge in [-0.2, -0.15) is 0 Å². The quantitative estimate of drug-likeness (QED) is 0.102. The minimum atomic E-state index is -1.27. The fourth-order valence-corrected chi connectivity index (χ4v) is 3.94. The van der Waals surface area contributed by atoms with Gasteiger partial charge in [0.25, 0.3) is 0 Å². The summed E-state index contributed by atoms with van der Waals surface area (Å²) >= 11 is 0. The number of hydrogen-bond acceptors (Lipinski definition) is 4. The summed E-state index contributed by atoms with van der Waals surface area (Å²) in [6.45, 7) is 3.62. The van der Waals surface area contributed by atoms with Gasteiger partial charge in [-0.3, -0.25) is 9.59 Å². The summed E-state index contributed by atoms with van der Waals surface area (Å²) in [5.41, 5.74) is 0. The first-order valence-corrected chi connectivity index (χ1v) is 13.9. The van der Waals surface area contributed by atoms with Crippen molar-refractivity contribution in [1.29, 1.82) is 0 Å². The van der Waals surface area contributed by atoms with Gasteiger partial charge in [0.2, 0.25) is 11.8 Å². The summed E-state index contributed by atoms with van der Waals surface area (Å²) in [4.78, 5) is 45.5. The molecule has 6 N–H and O–H groups in total. The first-order valence-electron chi connectivity index (χ1n) is 13.9. The van der Waals surface area contributed by atoms with Crippen molar-refractivity contribution in [3.8, 4) is 0 Å². The first kappa shape index (κ1) is 33.5. The largest absolute Gasteiger partial charge is 0.465 e. The molecule has 0 bridgehead atoms. The van der Waals surface area contributed by atoms with Crippen molar-refractivity contribution >= 4 is 24.0 Å². The molecule has 1 unspecified atom stereocenters. The minimum absolute atomic E-state index is 0.126. The highest BCUT2D eigenvalue weighted by atomic mass is 16.4. The summed E-state index contributed by atoms with van der Waals surface area (Å²) in [5, 5.41) is 27.7. The third kappa shape index (κ3) is 23.2. The third-order valence-electron chi connectivity index (χ3n) is 6.04. The van der Waals surface area contributed by atoms with Crippen LogP contribution < -0.4 is 21.3 Å². The number of amides is 4. The van der Waals surface area contributed by atoms with Crippen molar-refractivity contribution in [3.63, 3.8) is 0 Å². The molecule has 0 saturated heterocycles. The number of carbonyl (C=O) groups is 4.